The molecule has 0 heterocycles. The van der Waals surface area contributed by atoms with Gasteiger partial charge in [-0.1, -0.05) is 6.07 Å². The summed E-state index contributed by atoms with van der Waals surface area (Å²) in [5.41, 5.74) is 0.689. The maximum absolute atomic E-state index is 13.4. The molecule has 1 aromatic rings. The first kappa shape index (κ1) is 9.97. The third-order valence-electron chi connectivity index (χ3n) is 2.45. The zero-order valence-corrected chi connectivity index (χ0v) is 8.37. The van der Waals surface area contributed by atoms with E-state index in [1.807, 2.05) is 6.07 Å². The van der Waals surface area contributed by atoms with Gasteiger partial charge in [-0.2, -0.15) is 5.26 Å². The van der Waals surface area contributed by atoms with Crippen molar-refractivity contribution >= 4 is 0 Å². The number of hydrogen-bond donors (Lipinski definition) is 0. The Labute approximate surface area is 88.3 Å². The third kappa shape index (κ3) is 2.69. The fourth-order valence-corrected chi connectivity index (χ4v) is 1.35. The predicted molar refractivity (Wildman–Crippen MR) is 53.9 cm³/mol. The molecule has 0 N–H and O–H groups in total. The van der Waals surface area contributed by atoms with Crippen LogP contribution in [0, 0.1) is 23.1 Å². The first-order valence-electron chi connectivity index (χ1n) is 5.08. The highest BCUT2D eigenvalue weighted by Crippen LogP contribution is 2.30. The van der Waals surface area contributed by atoms with Gasteiger partial charge in [-0.3, -0.25) is 0 Å². The van der Waals surface area contributed by atoms with Gasteiger partial charge in [0.05, 0.1) is 19.1 Å². The molecule has 15 heavy (non-hydrogen) atoms. The summed E-state index contributed by atoms with van der Waals surface area (Å²) in [6.07, 6.45) is 2.61. The molecule has 1 aromatic carbocycles. The van der Waals surface area contributed by atoms with Crippen molar-refractivity contribution in [3.8, 4) is 11.8 Å². The van der Waals surface area contributed by atoms with Crippen LogP contribution in [0.3, 0.4) is 0 Å². The van der Waals surface area contributed by atoms with Crippen molar-refractivity contribution < 1.29 is 9.13 Å². The molecule has 1 saturated carbocycles. The van der Waals surface area contributed by atoms with E-state index >= 15 is 0 Å². The average Bonchev–Trinajstić information content (AvgIpc) is 3.01. The van der Waals surface area contributed by atoms with Crippen LogP contribution in [0.4, 0.5) is 4.39 Å². The molecule has 0 amide bonds. The smallest absolute Gasteiger partial charge is 0.165 e. The minimum absolute atomic E-state index is 0.236. The van der Waals surface area contributed by atoms with E-state index in [0.29, 0.717) is 23.8 Å². The molecule has 1 aliphatic carbocycles. The van der Waals surface area contributed by atoms with E-state index in [1.54, 1.807) is 12.1 Å². The van der Waals surface area contributed by atoms with Gasteiger partial charge < -0.3 is 4.74 Å². The van der Waals surface area contributed by atoms with E-state index in [-0.39, 0.29) is 12.2 Å². The summed E-state index contributed by atoms with van der Waals surface area (Å²) < 4.78 is 18.7. The summed E-state index contributed by atoms with van der Waals surface area (Å²) in [4.78, 5) is 0. The van der Waals surface area contributed by atoms with Gasteiger partial charge >= 0.3 is 0 Å². The molecule has 0 unspecified atom stereocenters. The standard InChI is InChI=1S/C12H12FNO/c13-11-7-9(5-6-14)3-4-12(11)15-8-10-1-2-10/h3-4,7,10H,1-2,5,8H2. The summed E-state index contributed by atoms with van der Waals surface area (Å²) in [5, 5.41) is 8.46. The fraction of sp³-hybridized carbons (Fsp3) is 0.417. The molecular weight excluding hydrogens is 193 g/mol. The SMILES string of the molecule is N#CCc1ccc(OCC2CC2)c(F)c1. The Morgan fingerprint density at radius 1 is 1.47 bits per heavy atom. The maximum Gasteiger partial charge on any atom is 0.165 e. The average molecular weight is 205 g/mol. The van der Waals surface area contributed by atoms with Crippen LogP contribution >= 0.6 is 0 Å². The highest BCUT2D eigenvalue weighted by Gasteiger charge is 2.22. The second kappa shape index (κ2) is 4.31. The van der Waals surface area contributed by atoms with Crippen molar-refractivity contribution in [3.05, 3.63) is 29.6 Å². The lowest BCUT2D eigenvalue weighted by Crippen LogP contribution is -2.01. The summed E-state index contributed by atoms with van der Waals surface area (Å²) in [5.74, 6) is 0.537. The summed E-state index contributed by atoms with van der Waals surface area (Å²) >= 11 is 0. The van der Waals surface area contributed by atoms with Crippen LogP contribution in [0.5, 0.6) is 5.75 Å². The van der Waals surface area contributed by atoms with Gasteiger partial charge in [-0.25, -0.2) is 4.39 Å². The van der Waals surface area contributed by atoms with Gasteiger partial charge in [-0.05, 0) is 36.5 Å². The molecule has 1 fully saturated rings. The monoisotopic (exact) mass is 205 g/mol. The minimum Gasteiger partial charge on any atom is -0.490 e. The molecule has 0 aromatic heterocycles. The topological polar surface area (TPSA) is 33.0 Å². The van der Waals surface area contributed by atoms with Crippen molar-refractivity contribution in [1.29, 1.82) is 5.26 Å². The molecular formula is C12H12FNO. The zero-order chi connectivity index (χ0) is 10.7. The maximum atomic E-state index is 13.4. The Balaban J connectivity index is 2.01. The first-order chi connectivity index (χ1) is 7.29. The Kier molecular flexibility index (Phi) is 2.86. The van der Waals surface area contributed by atoms with E-state index < -0.39 is 0 Å². The van der Waals surface area contributed by atoms with Gasteiger partial charge in [-0.15, -0.1) is 0 Å². The van der Waals surface area contributed by atoms with Gasteiger partial charge in [0.25, 0.3) is 0 Å². The van der Waals surface area contributed by atoms with Crippen LogP contribution in [0.1, 0.15) is 18.4 Å². The van der Waals surface area contributed by atoms with Gasteiger partial charge in [0, 0.05) is 0 Å². The molecule has 0 bridgehead atoms. The predicted octanol–water partition coefficient (Wildman–Crippen LogP) is 2.68. The zero-order valence-electron chi connectivity index (χ0n) is 8.37. The van der Waals surface area contributed by atoms with Crippen molar-refractivity contribution in [2.45, 2.75) is 19.3 Å². The molecule has 3 heteroatoms. The Bertz CT molecular complexity index is 393. The van der Waals surface area contributed by atoms with E-state index in [1.165, 1.54) is 18.9 Å². The fourth-order valence-electron chi connectivity index (χ4n) is 1.35. The van der Waals surface area contributed by atoms with Gasteiger partial charge in [0.2, 0.25) is 0 Å². The number of hydrogen-bond acceptors (Lipinski definition) is 2. The van der Waals surface area contributed by atoms with Crippen LogP contribution in [0.25, 0.3) is 0 Å². The molecule has 78 valence electrons. The summed E-state index contributed by atoms with van der Waals surface area (Å²) in [6, 6.07) is 6.68. The highest BCUT2D eigenvalue weighted by atomic mass is 19.1. The number of ether oxygens (including phenoxy) is 1. The number of benzene rings is 1. The lowest BCUT2D eigenvalue weighted by Gasteiger charge is -2.06. The van der Waals surface area contributed by atoms with E-state index in [2.05, 4.69) is 0 Å². The number of nitrogens with zero attached hydrogens (tertiary/aromatic N) is 1. The van der Waals surface area contributed by atoms with Crippen LogP contribution in [-0.4, -0.2) is 6.61 Å². The van der Waals surface area contributed by atoms with Crippen LogP contribution in [-0.2, 0) is 6.42 Å². The van der Waals surface area contributed by atoms with E-state index in [0.717, 1.165) is 0 Å². The molecule has 0 radical (unpaired) electrons. The summed E-state index contributed by atoms with van der Waals surface area (Å²) in [6.45, 7) is 0.606. The first-order valence-corrected chi connectivity index (χ1v) is 5.08. The molecule has 2 rings (SSSR count). The second-order valence-electron chi connectivity index (χ2n) is 3.85. The largest absolute Gasteiger partial charge is 0.490 e. The van der Waals surface area contributed by atoms with Crippen molar-refractivity contribution in [3.63, 3.8) is 0 Å². The van der Waals surface area contributed by atoms with Gasteiger partial charge in [0.1, 0.15) is 0 Å². The minimum atomic E-state index is -0.372. The van der Waals surface area contributed by atoms with Crippen molar-refractivity contribution in [2.24, 2.45) is 5.92 Å². The highest BCUT2D eigenvalue weighted by molar-refractivity contribution is 5.30. The Morgan fingerprint density at radius 3 is 2.87 bits per heavy atom. The molecule has 0 atom stereocenters. The number of nitriles is 1. The van der Waals surface area contributed by atoms with Gasteiger partial charge in [0.15, 0.2) is 11.6 Å². The van der Waals surface area contributed by atoms with E-state index in [9.17, 15) is 4.39 Å². The van der Waals surface area contributed by atoms with Crippen LogP contribution in [0.15, 0.2) is 18.2 Å². The molecule has 1 aliphatic rings. The van der Waals surface area contributed by atoms with E-state index in [4.69, 9.17) is 10.00 Å². The molecule has 0 aliphatic heterocycles. The lowest BCUT2D eigenvalue weighted by molar-refractivity contribution is 0.285. The number of halogens is 1. The van der Waals surface area contributed by atoms with Crippen LogP contribution in [0.2, 0.25) is 0 Å². The normalized spacial score (nSPS) is 14.7. The summed E-state index contributed by atoms with van der Waals surface area (Å²) in [7, 11) is 0. The van der Waals surface area contributed by atoms with Crippen molar-refractivity contribution in [1.82, 2.24) is 0 Å². The quantitative estimate of drug-likeness (QED) is 0.757. The molecule has 0 spiro atoms. The Morgan fingerprint density at radius 2 is 2.27 bits per heavy atom. The van der Waals surface area contributed by atoms with Crippen molar-refractivity contribution in [2.75, 3.05) is 6.61 Å². The lowest BCUT2D eigenvalue weighted by atomic mass is 10.1. The number of rotatable bonds is 4. The third-order valence-corrected chi connectivity index (χ3v) is 2.45. The second-order valence-corrected chi connectivity index (χ2v) is 3.85. The Hall–Kier alpha value is -1.56. The molecule has 0 saturated heterocycles. The van der Waals surface area contributed by atoms with Crippen LogP contribution < -0.4 is 4.74 Å². The molecule has 2 nitrogen and oxygen atoms in total.